The molecule has 1 nitrogen and oxygen atoms in total. The van der Waals surface area contributed by atoms with Crippen molar-refractivity contribution in [2.24, 2.45) is 0 Å². The maximum atomic E-state index is 13.9. The topological polar surface area (TPSA) is 20.2 Å². The first-order valence-corrected chi connectivity index (χ1v) is 7.74. The number of halogens is 2. The molecular weight excluding hydrogens is 287 g/mol. The number of rotatable bonds is 4. The molecule has 0 bridgehead atoms. The molecule has 0 amide bonds. The minimum absolute atomic E-state index is 0.0973. The summed E-state index contributed by atoms with van der Waals surface area (Å²) in [6, 6.07) is 12.9. The molecule has 1 atom stereocenters. The van der Waals surface area contributed by atoms with Gasteiger partial charge in [0.05, 0.1) is 11.1 Å². The van der Waals surface area contributed by atoms with Crippen LogP contribution in [0.4, 0.5) is 4.39 Å². The van der Waals surface area contributed by atoms with Crippen LogP contribution in [-0.4, -0.2) is 5.11 Å². The van der Waals surface area contributed by atoms with Crippen LogP contribution in [0, 0.1) is 5.82 Å². The van der Waals surface area contributed by atoms with Crippen LogP contribution >= 0.6 is 11.6 Å². The van der Waals surface area contributed by atoms with Crippen molar-refractivity contribution < 1.29 is 9.50 Å². The van der Waals surface area contributed by atoms with Crippen molar-refractivity contribution >= 4 is 11.6 Å². The largest absolute Gasteiger partial charge is 0.388 e. The lowest BCUT2D eigenvalue weighted by atomic mass is 9.80. The molecule has 110 valence electrons. The molecule has 21 heavy (non-hydrogen) atoms. The first-order chi connectivity index (χ1) is 10.1. The summed E-state index contributed by atoms with van der Waals surface area (Å²) in [6.07, 6.45) is 3.34. The van der Waals surface area contributed by atoms with Gasteiger partial charge in [-0.1, -0.05) is 54.4 Å². The summed E-state index contributed by atoms with van der Waals surface area (Å²) in [5.74, 6) is 0.242. The van der Waals surface area contributed by atoms with Gasteiger partial charge in [-0.2, -0.15) is 0 Å². The first-order valence-electron chi connectivity index (χ1n) is 7.36. The summed E-state index contributed by atoms with van der Waals surface area (Å²) < 4.78 is 13.9. The standard InChI is InChI=1S/C18H18ClFO/c19-16-6-2-5-15(18(16)20)11-17(21)14-9-7-13(8-10-14)12-3-1-4-12/h2,5-10,12,17,21H,1,3-4,11H2. The molecule has 2 aromatic rings. The molecule has 1 unspecified atom stereocenters. The van der Waals surface area contributed by atoms with E-state index in [-0.39, 0.29) is 11.4 Å². The van der Waals surface area contributed by atoms with Crippen LogP contribution in [0.15, 0.2) is 42.5 Å². The third-order valence-corrected chi connectivity index (χ3v) is 4.63. The molecule has 0 heterocycles. The number of aliphatic hydroxyl groups is 1. The van der Waals surface area contributed by atoms with Gasteiger partial charge in [0.15, 0.2) is 0 Å². The highest BCUT2D eigenvalue weighted by atomic mass is 35.5. The van der Waals surface area contributed by atoms with Gasteiger partial charge in [0, 0.05) is 6.42 Å². The van der Waals surface area contributed by atoms with E-state index in [0.29, 0.717) is 11.5 Å². The SMILES string of the molecule is OC(Cc1cccc(Cl)c1F)c1ccc(C2CCC2)cc1. The third-order valence-electron chi connectivity index (χ3n) is 4.34. The van der Waals surface area contributed by atoms with Crippen molar-refractivity contribution in [2.45, 2.75) is 37.7 Å². The Hall–Kier alpha value is -1.38. The molecule has 3 rings (SSSR count). The normalized spacial score (nSPS) is 16.5. The number of hydrogen-bond acceptors (Lipinski definition) is 1. The number of hydrogen-bond donors (Lipinski definition) is 1. The van der Waals surface area contributed by atoms with Crippen molar-refractivity contribution in [3.8, 4) is 0 Å². The second-order valence-electron chi connectivity index (χ2n) is 5.73. The van der Waals surface area contributed by atoms with Crippen LogP contribution < -0.4 is 0 Å². The number of benzene rings is 2. The average Bonchev–Trinajstić information content (AvgIpc) is 2.43. The Bertz CT molecular complexity index is 620. The Labute approximate surface area is 129 Å². The Morgan fingerprint density at radius 1 is 1.14 bits per heavy atom. The van der Waals surface area contributed by atoms with Gasteiger partial charge in [-0.15, -0.1) is 0 Å². The van der Waals surface area contributed by atoms with Gasteiger partial charge < -0.3 is 5.11 Å². The zero-order valence-corrected chi connectivity index (χ0v) is 12.5. The zero-order valence-electron chi connectivity index (χ0n) is 11.7. The van der Waals surface area contributed by atoms with Gasteiger partial charge in [0.25, 0.3) is 0 Å². The fourth-order valence-corrected chi connectivity index (χ4v) is 2.96. The second kappa shape index (κ2) is 6.17. The molecule has 0 radical (unpaired) electrons. The quantitative estimate of drug-likeness (QED) is 0.840. The van der Waals surface area contributed by atoms with Gasteiger partial charge in [-0.3, -0.25) is 0 Å². The molecule has 1 aliphatic carbocycles. The second-order valence-corrected chi connectivity index (χ2v) is 6.13. The van der Waals surface area contributed by atoms with Crippen LogP contribution in [0.1, 0.15) is 48.0 Å². The molecule has 3 heteroatoms. The first kappa shape index (κ1) is 14.6. The van der Waals surface area contributed by atoms with Gasteiger partial charge in [0.1, 0.15) is 5.82 Å². The highest BCUT2D eigenvalue weighted by Gasteiger charge is 2.20. The molecule has 1 fully saturated rings. The molecule has 0 saturated heterocycles. The van der Waals surface area contributed by atoms with E-state index >= 15 is 0 Å². The molecule has 2 aromatic carbocycles. The summed E-state index contributed by atoms with van der Waals surface area (Å²) in [5, 5.41) is 10.4. The molecule has 1 aliphatic rings. The maximum Gasteiger partial charge on any atom is 0.145 e. The fraction of sp³-hybridized carbons (Fsp3) is 0.333. The molecule has 1 N–H and O–H groups in total. The Kier molecular flexibility index (Phi) is 4.27. The van der Waals surface area contributed by atoms with Gasteiger partial charge in [0.2, 0.25) is 0 Å². The van der Waals surface area contributed by atoms with Crippen molar-refractivity contribution in [2.75, 3.05) is 0 Å². The van der Waals surface area contributed by atoms with E-state index in [1.165, 1.54) is 30.9 Å². The van der Waals surface area contributed by atoms with Crippen molar-refractivity contribution in [3.63, 3.8) is 0 Å². The Morgan fingerprint density at radius 2 is 1.86 bits per heavy atom. The van der Waals surface area contributed by atoms with Crippen LogP contribution in [0.3, 0.4) is 0 Å². The highest BCUT2D eigenvalue weighted by Crippen LogP contribution is 2.36. The monoisotopic (exact) mass is 304 g/mol. The summed E-state index contributed by atoms with van der Waals surface area (Å²) in [4.78, 5) is 0. The lowest BCUT2D eigenvalue weighted by Crippen LogP contribution is -2.09. The Morgan fingerprint density at radius 3 is 2.48 bits per heavy atom. The fourth-order valence-electron chi connectivity index (χ4n) is 2.76. The van der Waals surface area contributed by atoms with Gasteiger partial charge >= 0.3 is 0 Å². The summed E-state index contributed by atoms with van der Waals surface area (Å²) in [6.45, 7) is 0. The van der Waals surface area contributed by atoms with E-state index in [1.54, 1.807) is 12.1 Å². The predicted molar refractivity (Wildman–Crippen MR) is 83.1 cm³/mol. The lowest BCUT2D eigenvalue weighted by molar-refractivity contribution is 0.177. The Balaban J connectivity index is 1.72. The van der Waals surface area contributed by atoms with Gasteiger partial charge in [-0.05, 0) is 41.5 Å². The zero-order chi connectivity index (χ0) is 14.8. The van der Waals surface area contributed by atoms with Crippen molar-refractivity contribution in [1.82, 2.24) is 0 Å². The van der Waals surface area contributed by atoms with E-state index in [0.717, 1.165) is 5.56 Å². The smallest absolute Gasteiger partial charge is 0.145 e. The van der Waals surface area contributed by atoms with E-state index < -0.39 is 11.9 Å². The summed E-state index contributed by atoms with van der Waals surface area (Å²) >= 11 is 5.76. The van der Waals surface area contributed by atoms with Crippen LogP contribution in [0.5, 0.6) is 0 Å². The number of aliphatic hydroxyl groups excluding tert-OH is 1. The van der Waals surface area contributed by atoms with Crippen molar-refractivity contribution in [3.05, 3.63) is 70.0 Å². The molecule has 0 aliphatic heterocycles. The van der Waals surface area contributed by atoms with Crippen LogP contribution in [0.2, 0.25) is 5.02 Å². The predicted octanol–water partition coefficient (Wildman–Crippen LogP) is 5.02. The maximum absolute atomic E-state index is 13.9. The molecule has 1 saturated carbocycles. The van der Waals surface area contributed by atoms with E-state index in [4.69, 9.17) is 11.6 Å². The lowest BCUT2D eigenvalue weighted by Gasteiger charge is -2.26. The van der Waals surface area contributed by atoms with Crippen LogP contribution in [0.25, 0.3) is 0 Å². The van der Waals surface area contributed by atoms with E-state index in [2.05, 4.69) is 12.1 Å². The molecule has 0 aromatic heterocycles. The summed E-state index contributed by atoms with van der Waals surface area (Å²) in [7, 11) is 0. The highest BCUT2D eigenvalue weighted by molar-refractivity contribution is 6.30. The minimum atomic E-state index is -0.714. The average molecular weight is 305 g/mol. The summed E-state index contributed by atoms with van der Waals surface area (Å²) in [5.41, 5.74) is 2.60. The molecule has 0 spiro atoms. The minimum Gasteiger partial charge on any atom is -0.388 e. The third kappa shape index (κ3) is 3.12. The van der Waals surface area contributed by atoms with Crippen LogP contribution in [-0.2, 0) is 6.42 Å². The van der Waals surface area contributed by atoms with E-state index in [1.807, 2.05) is 12.1 Å². The van der Waals surface area contributed by atoms with Gasteiger partial charge in [-0.25, -0.2) is 4.39 Å². The van der Waals surface area contributed by atoms with E-state index in [9.17, 15) is 9.50 Å². The van der Waals surface area contributed by atoms with Crippen molar-refractivity contribution in [1.29, 1.82) is 0 Å². The molecular formula is C18H18ClFO.